The maximum Gasteiger partial charge on any atom is 0.318 e. The van der Waals surface area contributed by atoms with Crippen LogP contribution in [0.2, 0.25) is 0 Å². The Kier molecular flexibility index (Phi) is 2.31. The Balaban J connectivity index is 2.66. The SMILES string of the molecule is CN(C(N)=O)C1=CCCC=C1. The van der Waals surface area contributed by atoms with Gasteiger partial charge in [0, 0.05) is 12.7 Å². The van der Waals surface area contributed by atoms with E-state index in [1.165, 1.54) is 4.90 Å². The van der Waals surface area contributed by atoms with Crippen LogP contribution in [0.4, 0.5) is 4.79 Å². The third-order valence-electron chi connectivity index (χ3n) is 1.69. The summed E-state index contributed by atoms with van der Waals surface area (Å²) in [6, 6.07) is -0.414. The summed E-state index contributed by atoms with van der Waals surface area (Å²) in [5, 5.41) is 0. The largest absolute Gasteiger partial charge is 0.351 e. The van der Waals surface area contributed by atoms with Crippen molar-refractivity contribution in [3.8, 4) is 0 Å². The number of primary amides is 1. The summed E-state index contributed by atoms with van der Waals surface area (Å²) in [4.78, 5) is 12.1. The number of carbonyl (C=O) groups excluding carboxylic acids is 1. The van der Waals surface area contributed by atoms with Crippen LogP contribution in [-0.2, 0) is 0 Å². The van der Waals surface area contributed by atoms with Crippen LogP contribution in [0.25, 0.3) is 0 Å². The van der Waals surface area contributed by atoms with Gasteiger partial charge in [-0.15, -0.1) is 0 Å². The molecule has 0 saturated heterocycles. The minimum absolute atomic E-state index is 0.414. The van der Waals surface area contributed by atoms with E-state index in [-0.39, 0.29) is 0 Å². The van der Waals surface area contributed by atoms with Gasteiger partial charge in [0.05, 0.1) is 0 Å². The molecular formula is C8H12N2O. The molecule has 0 aromatic carbocycles. The molecule has 0 spiro atoms. The predicted molar refractivity (Wildman–Crippen MR) is 43.8 cm³/mol. The molecule has 0 atom stereocenters. The Morgan fingerprint density at radius 2 is 2.36 bits per heavy atom. The first-order chi connectivity index (χ1) is 5.22. The lowest BCUT2D eigenvalue weighted by Crippen LogP contribution is -2.31. The van der Waals surface area contributed by atoms with Crippen molar-refractivity contribution in [2.45, 2.75) is 12.8 Å². The van der Waals surface area contributed by atoms with E-state index in [2.05, 4.69) is 0 Å². The lowest BCUT2D eigenvalue weighted by molar-refractivity contribution is 0.229. The minimum atomic E-state index is -0.414. The zero-order valence-electron chi connectivity index (χ0n) is 6.58. The molecule has 0 bridgehead atoms. The molecule has 1 aliphatic rings. The first kappa shape index (κ1) is 7.85. The highest BCUT2D eigenvalue weighted by atomic mass is 16.2. The van der Waals surface area contributed by atoms with Gasteiger partial charge >= 0.3 is 6.03 Å². The van der Waals surface area contributed by atoms with Crippen molar-refractivity contribution < 1.29 is 4.79 Å². The van der Waals surface area contributed by atoms with E-state index in [0.717, 1.165) is 18.5 Å². The fraction of sp³-hybridized carbons (Fsp3) is 0.375. The zero-order valence-corrected chi connectivity index (χ0v) is 6.58. The normalized spacial score (nSPS) is 15.9. The molecule has 0 radical (unpaired) electrons. The van der Waals surface area contributed by atoms with E-state index >= 15 is 0 Å². The first-order valence-corrected chi connectivity index (χ1v) is 3.61. The molecule has 11 heavy (non-hydrogen) atoms. The number of hydrogen-bond donors (Lipinski definition) is 1. The summed E-state index contributed by atoms with van der Waals surface area (Å²) in [7, 11) is 1.67. The van der Waals surface area contributed by atoms with Crippen molar-refractivity contribution in [1.29, 1.82) is 0 Å². The number of hydrogen-bond acceptors (Lipinski definition) is 1. The molecular weight excluding hydrogens is 140 g/mol. The monoisotopic (exact) mass is 152 g/mol. The Morgan fingerprint density at radius 3 is 2.82 bits per heavy atom. The summed E-state index contributed by atoms with van der Waals surface area (Å²) in [6.45, 7) is 0. The van der Waals surface area contributed by atoms with Crippen molar-refractivity contribution in [3.05, 3.63) is 23.9 Å². The van der Waals surface area contributed by atoms with Crippen LogP contribution in [0.3, 0.4) is 0 Å². The van der Waals surface area contributed by atoms with E-state index in [1.807, 2.05) is 18.2 Å². The van der Waals surface area contributed by atoms with E-state index in [4.69, 9.17) is 5.73 Å². The average Bonchev–Trinajstić information content (AvgIpc) is 2.05. The van der Waals surface area contributed by atoms with Gasteiger partial charge in [-0.3, -0.25) is 4.90 Å². The predicted octanol–water partition coefficient (Wildman–Crippen LogP) is 1.23. The average molecular weight is 152 g/mol. The van der Waals surface area contributed by atoms with E-state index in [1.54, 1.807) is 7.05 Å². The minimum Gasteiger partial charge on any atom is -0.351 e. The van der Waals surface area contributed by atoms with E-state index in [0.29, 0.717) is 0 Å². The molecule has 0 fully saturated rings. The smallest absolute Gasteiger partial charge is 0.318 e. The zero-order chi connectivity index (χ0) is 8.27. The van der Waals surface area contributed by atoms with Crippen LogP contribution in [-0.4, -0.2) is 18.0 Å². The van der Waals surface area contributed by atoms with E-state index < -0.39 is 6.03 Å². The number of nitrogens with two attached hydrogens (primary N) is 1. The number of urea groups is 1. The second kappa shape index (κ2) is 3.23. The van der Waals surface area contributed by atoms with Crippen LogP contribution < -0.4 is 5.73 Å². The van der Waals surface area contributed by atoms with Crippen molar-refractivity contribution >= 4 is 6.03 Å². The maximum atomic E-state index is 10.7. The van der Waals surface area contributed by atoms with Gasteiger partial charge in [0.25, 0.3) is 0 Å². The van der Waals surface area contributed by atoms with Crippen LogP contribution >= 0.6 is 0 Å². The number of amides is 2. The van der Waals surface area contributed by atoms with Crippen molar-refractivity contribution in [2.75, 3.05) is 7.05 Å². The molecule has 60 valence electrons. The summed E-state index contributed by atoms with van der Waals surface area (Å²) in [5.74, 6) is 0. The lowest BCUT2D eigenvalue weighted by atomic mass is 10.1. The van der Waals surface area contributed by atoms with Crippen LogP contribution in [0.15, 0.2) is 23.9 Å². The van der Waals surface area contributed by atoms with Crippen LogP contribution in [0.5, 0.6) is 0 Å². The Morgan fingerprint density at radius 1 is 1.64 bits per heavy atom. The molecule has 1 aliphatic carbocycles. The van der Waals surface area contributed by atoms with Gasteiger partial charge < -0.3 is 5.73 Å². The Hall–Kier alpha value is -1.25. The number of allylic oxidation sites excluding steroid dienone is 3. The topological polar surface area (TPSA) is 46.3 Å². The first-order valence-electron chi connectivity index (χ1n) is 3.61. The van der Waals surface area contributed by atoms with Crippen LogP contribution in [0.1, 0.15) is 12.8 Å². The molecule has 0 unspecified atom stereocenters. The molecule has 0 aliphatic heterocycles. The fourth-order valence-electron chi connectivity index (χ4n) is 0.976. The fourth-order valence-corrected chi connectivity index (χ4v) is 0.976. The lowest BCUT2D eigenvalue weighted by Gasteiger charge is -2.17. The Bertz CT molecular complexity index is 218. The van der Waals surface area contributed by atoms with E-state index in [9.17, 15) is 4.79 Å². The molecule has 2 N–H and O–H groups in total. The number of carbonyl (C=O) groups is 1. The highest BCUT2D eigenvalue weighted by Crippen LogP contribution is 2.11. The Labute approximate surface area is 66.2 Å². The van der Waals surface area contributed by atoms with Gasteiger partial charge in [0.15, 0.2) is 0 Å². The van der Waals surface area contributed by atoms with Gasteiger partial charge in [0.2, 0.25) is 0 Å². The van der Waals surface area contributed by atoms with Gasteiger partial charge in [-0.2, -0.15) is 0 Å². The number of rotatable bonds is 1. The highest BCUT2D eigenvalue weighted by molar-refractivity contribution is 5.74. The highest BCUT2D eigenvalue weighted by Gasteiger charge is 2.07. The van der Waals surface area contributed by atoms with Gasteiger partial charge in [-0.1, -0.05) is 12.2 Å². The van der Waals surface area contributed by atoms with Gasteiger partial charge in [0.1, 0.15) is 0 Å². The molecule has 0 aromatic heterocycles. The molecule has 0 aromatic rings. The molecule has 3 nitrogen and oxygen atoms in total. The van der Waals surface area contributed by atoms with Gasteiger partial charge in [-0.05, 0) is 18.9 Å². The summed E-state index contributed by atoms with van der Waals surface area (Å²) in [6.07, 6.45) is 7.99. The van der Waals surface area contributed by atoms with Crippen LogP contribution in [0, 0.1) is 0 Å². The number of nitrogens with zero attached hydrogens (tertiary/aromatic N) is 1. The third-order valence-corrected chi connectivity index (χ3v) is 1.69. The molecule has 0 saturated carbocycles. The van der Waals surface area contributed by atoms with Crippen molar-refractivity contribution in [3.63, 3.8) is 0 Å². The van der Waals surface area contributed by atoms with Crippen molar-refractivity contribution in [1.82, 2.24) is 4.90 Å². The quantitative estimate of drug-likeness (QED) is 0.603. The second-order valence-corrected chi connectivity index (χ2v) is 2.51. The summed E-state index contributed by atoms with van der Waals surface area (Å²) in [5.41, 5.74) is 5.97. The molecule has 1 rings (SSSR count). The van der Waals surface area contributed by atoms with Crippen molar-refractivity contribution in [2.24, 2.45) is 5.73 Å². The van der Waals surface area contributed by atoms with Gasteiger partial charge in [-0.25, -0.2) is 4.79 Å². The number of likely N-dealkylation sites (N-methyl/N-ethyl adjacent to an activating group) is 1. The maximum absolute atomic E-state index is 10.7. The second-order valence-electron chi connectivity index (χ2n) is 2.51. The molecule has 0 heterocycles. The summed E-state index contributed by atoms with van der Waals surface area (Å²) < 4.78 is 0. The molecule has 3 heteroatoms. The standard InChI is InChI=1S/C8H12N2O/c1-10(8(9)11)7-5-3-2-4-6-7/h3,5-6H,2,4H2,1H3,(H2,9,11). The summed E-state index contributed by atoms with van der Waals surface area (Å²) >= 11 is 0. The third kappa shape index (κ3) is 1.83. The molecule has 2 amide bonds.